The van der Waals surface area contributed by atoms with Gasteiger partial charge in [-0.1, -0.05) is 32.6 Å². The van der Waals surface area contributed by atoms with Crippen molar-refractivity contribution >= 4 is 11.8 Å². The molecular formula is C17H32N2O3. The van der Waals surface area contributed by atoms with E-state index < -0.39 is 0 Å². The number of carbonyl (C=O) groups excluding carboxylic acids is 2. The molecule has 1 aliphatic rings. The second-order valence-electron chi connectivity index (χ2n) is 6.07. The van der Waals surface area contributed by atoms with Crippen molar-refractivity contribution in [3.63, 3.8) is 0 Å². The Balaban J connectivity index is 1.94. The minimum absolute atomic E-state index is 0.00458. The highest BCUT2D eigenvalue weighted by molar-refractivity contribution is 5.83. The molecule has 0 bridgehead atoms. The van der Waals surface area contributed by atoms with Crippen LogP contribution in [0, 0.1) is 0 Å². The summed E-state index contributed by atoms with van der Waals surface area (Å²) in [4.78, 5) is 23.4. The molecule has 1 saturated carbocycles. The van der Waals surface area contributed by atoms with Gasteiger partial charge in [-0.3, -0.25) is 9.59 Å². The van der Waals surface area contributed by atoms with Gasteiger partial charge >= 0.3 is 0 Å². The van der Waals surface area contributed by atoms with Crippen LogP contribution in [-0.4, -0.2) is 37.6 Å². The Morgan fingerprint density at radius 1 is 1.00 bits per heavy atom. The van der Waals surface area contributed by atoms with Crippen molar-refractivity contribution in [1.29, 1.82) is 0 Å². The number of rotatable bonds is 11. The maximum atomic E-state index is 11.8. The molecule has 0 aromatic rings. The van der Waals surface area contributed by atoms with Crippen molar-refractivity contribution in [2.45, 2.75) is 77.2 Å². The van der Waals surface area contributed by atoms with Gasteiger partial charge < -0.3 is 15.4 Å². The molecule has 0 heterocycles. The smallest absolute Gasteiger partial charge is 0.220 e. The third-order valence-electron chi connectivity index (χ3n) is 3.98. The minimum atomic E-state index is -0.0487. The van der Waals surface area contributed by atoms with Crippen LogP contribution in [0.4, 0.5) is 0 Å². The minimum Gasteiger partial charge on any atom is -0.381 e. The van der Waals surface area contributed by atoms with Gasteiger partial charge in [-0.2, -0.15) is 0 Å². The Morgan fingerprint density at radius 2 is 1.68 bits per heavy atom. The Morgan fingerprint density at radius 3 is 2.41 bits per heavy atom. The van der Waals surface area contributed by atoms with E-state index in [9.17, 15) is 9.59 Å². The van der Waals surface area contributed by atoms with E-state index in [0.717, 1.165) is 38.7 Å². The highest BCUT2D eigenvalue weighted by atomic mass is 16.5. The largest absolute Gasteiger partial charge is 0.381 e. The van der Waals surface area contributed by atoms with E-state index in [2.05, 4.69) is 17.6 Å². The first-order chi connectivity index (χ1) is 10.7. The summed E-state index contributed by atoms with van der Waals surface area (Å²) in [6, 6.07) is 0.324. The van der Waals surface area contributed by atoms with E-state index in [1.165, 1.54) is 19.3 Å². The monoisotopic (exact) mass is 312 g/mol. The molecule has 5 heteroatoms. The van der Waals surface area contributed by atoms with Crippen LogP contribution < -0.4 is 10.6 Å². The van der Waals surface area contributed by atoms with Gasteiger partial charge in [0.05, 0.1) is 0 Å². The molecule has 22 heavy (non-hydrogen) atoms. The average Bonchev–Trinajstić information content (AvgIpc) is 2.53. The zero-order valence-corrected chi connectivity index (χ0v) is 14.0. The van der Waals surface area contributed by atoms with E-state index in [0.29, 0.717) is 19.2 Å². The molecule has 0 aromatic carbocycles. The van der Waals surface area contributed by atoms with Crippen LogP contribution in [0.2, 0.25) is 0 Å². The predicted molar refractivity (Wildman–Crippen MR) is 87.6 cm³/mol. The molecule has 1 rings (SSSR count). The van der Waals surface area contributed by atoms with Crippen molar-refractivity contribution in [3.05, 3.63) is 0 Å². The Hall–Kier alpha value is -1.10. The lowest BCUT2D eigenvalue weighted by molar-refractivity contribution is -0.127. The van der Waals surface area contributed by atoms with Crippen LogP contribution in [0.5, 0.6) is 0 Å². The molecule has 128 valence electrons. The van der Waals surface area contributed by atoms with Gasteiger partial charge in [0.15, 0.2) is 0 Å². The highest BCUT2D eigenvalue weighted by Crippen LogP contribution is 2.17. The highest BCUT2D eigenvalue weighted by Gasteiger charge is 2.16. The van der Waals surface area contributed by atoms with E-state index in [-0.39, 0.29) is 24.7 Å². The van der Waals surface area contributed by atoms with Gasteiger partial charge in [0.1, 0.15) is 0 Å². The Bertz CT molecular complexity index is 315. The van der Waals surface area contributed by atoms with Crippen molar-refractivity contribution < 1.29 is 14.3 Å². The second-order valence-corrected chi connectivity index (χ2v) is 6.07. The van der Waals surface area contributed by atoms with Crippen molar-refractivity contribution in [1.82, 2.24) is 10.6 Å². The first kappa shape index (κ1) is 18.9. The molecule has 0 aromatic heterocycles. The van der Waals surface area contributed by atoms with E-state index >= 15 is 0 Å². The molecular weight excluding hydrogens is 280 g/mol. The number of unbranched alkanes of at least 4 members (excludes halogenated alkanes) is 1. The first-order valence-corrected chi connectivity index (χ1v) is 8.86. The van der Waals surface area contributed by atoms with Crippen LogP contribution in [0.25, 0.3) is 0 Å². The van der Waals surface area contributed by atoms with E-state index in [1.807, 2.05) is 0 Å². The number of ether oxygens (including phenoxy) is 1. The first-order valence-electron chi connectivity index (χ1n) is 8.86. The zero-order chi connectivity index (χ0) is 16.0. The lowest BCUT2D eigenvalue weighted by atomic mass is 9.95. The third-order valence-corrected chi connectivity index (χ3v) is 3.98. The molecule has 0 atom stereocenters. The van der Waals surface area contributed by atoms with Gasteiger partial charge in [-0.25, -0.2) is 0 Å². The fourth-order valence-corrected chi connectivity index (χ4v) is 2.61. The third kappa shape index (κ3) is 9.77. The fraction of sp³-hybridized carbons (Fsp3) is 0.882. The van der Waals surface area contributed by atoms with Crippen molar-refractivity contribution in [2.75, 3.05) is 19.8 Å². The van der Waals surface area contributed by atoms with Crippen LogP contribution in [0.3, 0.4) is 0 Å². The lowest BCUT2D eigenvalue weighted by Crippen LogP contribution is -2.36. The standard InChI is InChI=1S/C17H32N2O3/c1-2-3-13-22-14-7-12-18-16(20)10-11-17(21)19-15-8-5-4-6-9-15/h15H,2-14H2,1H3,(H,18,20)(H,19,21). The molecule has 0 aliphatic heterocycles. The molecule has 2 N–H and O–H groups in total. The lowest BCUT2D eigenvalue weighted by Gasteiger charge is -2.22. The Kier molecular flexibility index (Phi) is 10.7. The number of carbonyl (C=O) groups is 2. The molecule has 2 amide bonds. The average molecular weight is 312 g/mol. The predicted octanol–water partition coefficient (Wildman–Crippen LogP) is 2.54. The normalized spacial score (nSPS) is 15.5. The summed E-state index contributed by atoms with van der Waals surface area (Å²) in [5, 5.41) is 5.86. The maximum Gasteiger partial charge on any atom is 0.220 e. The van der Waals surface area contributed by atoms with Crippen LogP contribution >= 0.6 is 0 Å². The summed E-state index contributed by atoms with van der Waals surface area (Å²) in [7, 11) is 0. The second kappa shape index (κ2) is 12.4. The van der Waals surface area contributed by atoms with Crippen LogP contribution in [-0.2, 0) is 14.3 Å². The number of nitrogens with one attached hydrogen (secondary N) is 2. The van der Waals surface area contributed by atoms with E-state index in [1.54, 1.807) is 0 Å². The summed E-state index contributed by atoms with van der Waals surface area (Å²) in [5.74, 6) is -0.0442. The summed E-state index contributed by atoms with van der Waals surface area (Å²) in [5.41, 5.74) is 0. The van der Waals surface area contributed by atoms with Gasteiger partial charge in [0, 0.05) is 38.6 Å². The van der Waals surface area contributed by atoms with E-state index in [4.69, 9.17) is 4.74 Å². The maximum absolute atomic E-state index is 11.8. The molecule has 0 radical (unpaired) electrons. The molecule has 0 spiro atoms. The van der Waals surface area contributed by atoms with Crippen molar-refractivity contribution in [3.8, 4) is 0 Å². The number of amides is 2. The fourth-order valence-electron chi connectivity index (χ4n) is 2.61. The van der Waals surface area contributed by atoms with Crippen LogP contribution in [0.1, 0.15) is 71.1 Å². The molecule has 0 saturated heterocycles. The quantitative estimate of drug-likeness (QED) is 0.576. The van der Waals surface area contributed by atoms with Crippen molar-refractivity contribution in [2.24, 2.45) is 0 Å². The van der Waals surface area contributed by atoms with Gasteiger partial charge in [-0.05, 0) is 25.7 Å². The molecule has 1 aliphatic carbocycles. The molecule has 1 fully saturated rings. The number of hydrogen-bond acceptors (Lipinski definition) is 3. The topological polar surface area (TPSA) is 67.4 Å². The van der Waals surface area contributed by atoms with Crippen LogP contribution in [0.15, 0.2) is 0 Å². The Labute approximate surface area is 134 Å². The SMILES string of the molecule is CCCCOCCCNC(=O)CCC(=O)NC1CCCCC1. The molecule has 5 nitrogen and oxygen atoms in total. The molecule has 0 unspecified atom stereocenters. The van der Waals surface area contributed by atoms with Gasteiger partial charge in [0.25, 0.3) is 0 Å². The number of hydrogen-bond donors (Lipinski definition) is 2. The summed E-state index contributed by atoms with van der Waals surface area (Å²) in [6.45, 7) is 4.23. The summed E-state index contributed by atoms with van der Waals surface area (Å²) >= 11 is 0. The van der Waals surface area contributed by atoms with Gasteiger partial charge in [0.2, 0.25) is 11.8 Å². The summed E-state index contributed by atoms with van der Waals surface area (Å²) in [6.07, 6.45) is 9.44. The zero-order valence-electron chi connectivity index (χ0n) is 14.0. The van der Waals surface area contributed by atoms with Gasteiger partial charge in [-0.15, -0.1) is 0 Å². The summed E-state index contributed by atoms with van der Waals surface area (Å²) < 4.78 is 5.42.